The van der Waals surface area contributed by atoms with Gasteiger partial charge in [-0.1, -0.05) is 30.3 Å². The Kier molecular flexibility index (Phi) is 6.21. The molecule has 1 aromatic rings. The second kappa shape index (κ2) is 8.38. The third kappa shape index (κ3) is 4.21. The summed E-state index contributed by atoms with van der Waals surface area (Å²) in [5.74, 6) is 0. The Morgan fingerprint density at radius 2 is 2.09 bits per heavy atom. The number of urea groups is 1. The molecule has 0 spiro atoms. The minimum atomic E-state index is 0.0310. The van der Waals surface area contributed by atoms with Crippen molar-refractivity contribution in [2.24, 2.45) is 0 Å². The molecular weight excluding hydrogens is 284 g/mol. The van der Waals surface area contributed by atoms with Crippen LogP contribution in [0.1, 0.15) is 25.3 Å². The van der Waals surface area contributed by atoms with E-state index in [2.05, 4.69) is 4.74 Å². The zero-order valence-corrected chi connectivity index (χ0v) is 12.8. The van der Waals surface area contributed by atoms with Crippen LogP contribution in [-0.4, -0.2) is 48.2 Å². The van der Waals surface area contributed by atoms with Crippen LogP contribution in [0.2, 0.25) is 0 Å². The molecule has 6 heteroatoms. The smallest absolute Gasteiger partial charge is 0.344 e. The molecule has 22 heavy (non-hydrogen) atoms. The number of piperidine rings is 1. The van der Waals surface area contributed by atoms with Gasteiger partial charge in [-0.05, 0) is 25.3 Å². The van der Waals surface area contributed by atoms with Crippen molar-refractivity contribution in [2.75, 3.05) is 19.7 Å². The van der Waals surface area contributed by atoms with Crippen molar-refractivity contribution in [3.63, 3.8) is 0 Å². The largest absolute Gasteiger partial charge is 0.468 e. The lowest BCUT2D eigenvalue weighted by molar-refractivity contribution is -0.140. The van der Waals surface area contributed by atoms with Crippen molar-refractivity contribution >= 4 is 12.5 Å². The van der Waals surface area contributed by atoms with E-state index in [4.69, 9.17) is 4.84 Å². The molecule has 2 amide bonds. The van der Waals surface area contributed by atoms with E-state index < -0.39 is 0 Å². The highest BCUT2D eigenvalue weighted by molar-refractivity contribution is 5.76. The summed E-state index contributed by atoms with van der Waals surface area (Å²) < 4.78 is 4.15. The van der Waals surface area contributed by atoms with Gasteiger partial charge in [0.1, 0.15) is 6.61 Å². The zero-order chi connectivity index (χ0) is 15.8. The number of hydrogen-bond donors (Lipinski definition) is 0. The van der Waals surface area contributed by atoms with Crippen LogP contribution in [0.25, 0.3) is 0 Å². The molecule has 0 N–H and O–H groups in total. The number of carbonyl (C=O) groups is 2. The van der Waals surface area contributed by atoms with Crippen LogP contribution in [0, 0.1) is 0 Å². The summed E-state index contributed by atoms with van der Waals surface area (Å²) >= 11 is 0. The van der Waals surface area contributed by atoms with Gasteiger partial charge in [-0.25, -0.2) is 4.79 Å². The first-order chi connectivity index (χ1) is 10.8. The number of carbonyl (C=O) groups excluding carboxylic acids is 2. The van der Waals surface area contributed by atoms with E-state index in [0.717, 1.165) is 31.5 Å². The Labute approximate surface area is 130 Å². The summed E-state index contributed by atoms with van der Waals surface area (Å²) in [5, 5.41) is 1.57. The lowest BCUT2D eigenvalue weighted by Gasteiger charge is -2.22. The molecule has 2 saturated heterocycles. The van der Waals surface area contributed by atoms with Crippen LogP contribution in [0.15, 0.2) is 30.3 Å². The Morgan fingerprint density at radius 3 is 2.68 bits per heavy atom. The Hall–Kier alpha value is -2.08. The van der Waals surface area contributed by atoms with Crippen LogP contribution >= 0.6 is 0 Å². The highest BCUT2D eigenvalue weighted by Gasteiger charge is 2.40. The molecule has 1 atom stereocenters. The molecule has 2 heterocycles. The Bertz CT molecular complexity index is 480. The first-order valence-electron chi connectivity index (χ1n) is 7.56. The summed E-state index contributed by atoms with van der Waals surface area (Å²) in [5.41, 5.74) is 1.09. The van der Waals surface area contributed by atoms with Gasteiger partial charge >= 0.3 is 6.03 Å². The third-order valence-electron chi connectivity index (χ3n) is 3.64. The van der Waals surface area contributed by atoms with Gasteiger partial charge in [0.05, 0.1) is 12.6 Å². The molecule has 0 saturated carbocycles. The lowest BCUT2D eigenvalue weighted by atomic mass is 10.1. The summed E-state index contributed by atoms with van der Waals surface area (Å²) in [6.45, 7) is 4.84. The average Bonchev–Trinajstić information content (AvgIpc) is 2.77. The first-order valence-corrected chi connectivity index (χ1v) is 7.56. The summed E-state index contributed by atoms with van der Waals surface area (Å²) in [7, 11) is 0. The van der Waals surface area contributed by atoms with Gasteiger partial charge in [0, 0.05) is 13.1 Å². The predicted octanol–water partition coefficient (Wildman–Crippen LogP) is 2.20. The zero-order valence-electron chi connectivity index (χ0n) is 12.8. The molecule has 0 aliphatic carbocycles. The molecule has 2 aliphatic heterocycles. The fourth-order valence-electron chi connectivity index (χ4n) is 2.56. The minimum absolute atomic E-state index is 0.0310. The maximum atomic E-state index is 11.9. The Balaban J connectivity index is 0.000000309. The molecule has 1 unspecified atom stereocenters. The van der Waals surface area contributed by atoms with E-state index in [9.17, 15) is 9.59 Å². The molecule has 3 rings (SSSR count). The van der Waals surface area contributed by atoms with Gasteiger partial charge in [0.25, 0.3) is 6.47 Å². The first kappa shape index (κ1) is 16.3. The van der Waals surface area contributed by atoms with Crippen LogP contribution < -0.4 is 0 Å². The van der Waals surface area contributed by atoms with Crippen molar-refractivity contribution in [1.29, 1.82) is 0 Å². The monoisotopic (exact) mass is 306 g/mol. The van der Waals surface area contributed by atoms with Crippen molar-refractivity contribution in [3.8, 4) is 0 Å². The summed E-state index contributed by atoms with van der Waals surface area (Å²) in [6, 6.07) is 10.2. The topological polar surface area (TPSA) is 59.1 Å². The molecule has 2 aliphatic rings. The SMILES string of the molecule is CCOC=O.O=C1N2CCCC(C2)N1OCc1ccccc1. The maximum Gasteiger partial charge on any atom is 0.344 e. The van der Waals surface area contributed by atoms with Crippen LogP contribution in [0.5, 0.6) is 0 Å². The molecule has 2 bridgehead atoms. The summed E-state index contributed by atoms with van der Waals surface area (Å²) in [6.07, 6.45) is 2.14. The second-order valence-electron chi connectivity index (χ2n) is 5.16. The molecule has 1 aromatic carbocycles. The van der Waals surface area contributed by atoms with E-state index in [0.29, 0.717) is 19.7 Å². The number of hydrogen-bond acceptors (Lipinski definition) is 4. The van der Waals surface area contributed by atoms with Gasteiger partial charge in [0.15, 0.2) is 0 Å². The highest BCUT2D eigenvalue weighted by atomic mass is 16.7. The number of amides is 2. The van der Waals surface area contributed by atoms with E-state index >= 15 is 0 Å². The highest BCUT2D eigenvalue weighted by Crippen LogP contribution is 2.25. The second-order valence-corrected chi connectivity index (χ2v) is 5.16. The minimum Gasteiger partial charge on any atom is -0.468 e. The van der Waals surface area contributed by atoms with E-state index in [1.165, 1.54) is 0 Å². The number of benzene rings is 1. The van der Waals surface area contributed by atoms with Crippen LogP contribution in [0.3, 0.4) is 0 Å². The van der Waals surface area contributed by atoms with Gasteiger partial charge in [-0.2, -0.15) is 5.06 Å². The van der Waals surface area contributed by atoms with Crippen molar-refractivity contribution in [1.82, 2.24) is 9.96 Å². The van der Waals surface area contributed by atoms with Crippen LogP contribution in [-0.2, 0) is 21.0 Å². The van der Waals surface area contributed by atoms with Crippen molar-refractivity contribution < 1.29 is 19.2 Å². The van der Waals surface area contributed by atoms with Crippen LogP contribution in [0.4, 0.5) is 4.79 Å². The summed E-state index contributed by atoms with van der Waals surface area (Å²) in [4.78, 5) is 28.6. The fraction of sp³-hybridized carbons (Fsp3) is 0.500. The normalized spacial score (nSPS) is 19.5. The molecule has 6 nitrogen and oxygen atoms in total. The average molecular weight is 306 g/mol. The number of rotatable bonds is 5. The van der Waals surface area contributed by atoms with Gasteiger partial charge in [-0.15, -0.1) is 0 Å². The third-order valence-corrected chi connectivity index (χ3v) is 3.64. The van der Waals surface area contributed by atoms with Gasteiger partial charge < -0.3 is 9.64 Å². The van der Waals surface area contributed by atoms with Gasteiger partial charge in [0.2, 0.25) is 0 Å². The van der Waals surface area contributed by atoms with Gasteiger partial charge in [-0.3, -0.25) is 9.63 Å². The molecule has 0 aromatic heterocycles. The van der Waals surface area contributed by atoms with Crippen molar-refractivity contribution in [2.45, 2.75) is 32.4 Å². The lowest BCUT2D eigenvalue weighted by Crippen LogP contribution is -2.33. The number of ether oxygens (including phenoxy) is 1. The van der Waals surface area contributed by atoms with E-state index in [1.54, 1.807) is 12.0 Å². The quantitative estimate of drug-likeness (QED) is 0.783. The maximum absolute atomic E-state index is 11.9. The molecule has 2 fully saturated rings. The molecular formula is C16H22N2O4. The molecule has 0 radical (unpaired) electrons. The predicted molar refractivity (Wildman–Crippen MR) is 80.8 cm³/mol. The number of fused-ring (bicyclic) bond motifs is 2. The number of hydroxylamine groups is 2. The van der Waals surface area contributed by atoms with Crippen molar-refractivity contribution in [3.05, 3.63) is 35.9 Å². The Morgan fingerprint density at radius 1 is 1.32 bits per heavy atom. The fourth-order valence-corrected chi connectivity index (χ4v) is 2.56. The standard InChI is InChI=1S/C13H16N2O2.C3H6O2/c16-13-14-8-4-7-12(9-14)15(13)17-10-11-5-2-1-3-6-11;1-2-5-3-4/h1-3,5-6,12H,4,7-10H2;3H,2H2,1H3. The van der Waals surface area contributed by atoms with E-state index in [1.807, 2.05) is 35.2 Å². The van der Waals surface area contributed by atoms with E-state index in [-0.39, 0.29) is 12.1 Å². The molecule has 120 valence electrons. The number of nitrogens with zero attached hydrogens (tertiary/aromatic N) is 2.